The van der Waals surface area contributed by atoms with E-state index in [0.717, 1.165) is 17.1 Å². The first-order valence-corrected chi connectivity index (χ1v) is 9.87. The molecule has 1 N–H and O–H groups in total. The summed E-state index contributed by atoms with van der Waals surface area (Å²) in [7, 11) is 0. The minimum atomic E-state index is 0.263. The van der Waals surface area contributed by atoms with Gasteiger partial charge in [-0.1, -0.05) is 24.3 Å². The second kappa shape index (κ2) is 6.80. The standard InChI is InChI=1S/C26H21NO2/c1-2-29-22-17-13-20(14-18-22)27(19-11-15-21(28)16-12-19)25-9-5-3-7-23(25)24-8-4-6-10-26(24)27/h3-18H,2H2,1H3/p+1. The van der Waals surface area contributed by atoms with Crippen molar-refractivity contribution in [3.05, 3.63) is 97.1 Å². The number of ether oxygens (including phenoxy) is 1. The van der Waals surface area contributed by atoms with Crippen molar-refractivity contribution in [1.29, 1.82) is 0 Å². The fraction of sp³-hybridized carbons (Fsp3) is 0.0769. The number of nitrogens with zero attached hydrogens (tertiary/aromatic N) is 1. The van der Waals surface area contributed by atoms with Gasteiger partial charge in [0.05, 0.1) is 17.7 Å². The number of quaternary nitrogens is 1. The molecule has 0 aromatic heterocycles. The van der Waals surface area contributed by atoms with E-state index in [1.54, 1.807) is 12.1 Å². The highest BCUT2D eigenvalue weighted by Crippen LogP contribution is 2.62. The van der Waals surface area contributed by atoms with Crippen molar-refractivity contribution in [3.8, 4) is 22.6 Å². The lowest BCUT2D eigenvalue weighted by Crippen LogP contribution is -2.31. The van der Waals surface area contributed by atoms with Gasteiger partial charge in [-0.2, -0.15) is 4.48 Å². The van der Waals surface area contributed by atoms with E-state index >= 15 is 0 Å². The molecule has 29 heavy (non-hydrogen) atoms. The number of phenols is 1. The molecule has 1 heterocycles. The first kappa shape index (κ1) is 17.5. The SMILES string of the molecule is CCOc1ccc([N+]2(c3ccc(O)cc3)c3ccccc3-c3ccccc32)cc1. The zero-order valence-corrected chi connectivity index (χ0v) is 16.2. The van der Waals surface area contributed by atoms with Crippen LogP contribution in [0, 0.1) is 0 Å². The third kappa shape index (κ3) is 2.55. The molecule has 0 atom stereocenters. The summed E-state index contributed by atoms with van der Waals surface area (Å²) >= 11 is 0. The molecule has 1 aliphatic rings. The quantitative estimate of drug-likeness (QED) is 0.338. The summed E-state index contributed by atoms with van der Waals surface area (Å²) in [5.41, 5.74) is 7.04. The predicted octanol–water partition coefficient (Wildman–Crippen LogP) is 7.07. The summed E-state index contributed by atoms with van der Waals surface area (Å²) in [6, 6.07) is 33.0. The Balaban J connectivity index is 1.86. The van der Waals surface area contributed by atoms with E-state index in [9.17, 15) is 5.11 Å². The van der Waals surface area contributed by atoms with Gasteiger partial charge in [-0.25, -0.2) is 0 Å². The third-order valence-electron chi connectivity index (χ3n) is 5.59. The van der Waals surface area contributed by atoms with Crippen LogP contribution in [0.1, 0.15) is 6.92 Å². The number of phenolic OH excluding ortho intramolecular Hbond substituents is 1. The van der Waals surface area contributed by atoms with Crippen molar-refractivity contribution >= 4 is 22.7 Å². The Hall–Kier alpha value is -3.56. The van der Waals surface area contributed by atoms with Crippen LogP contribution in [0.5, 0.6) is 11.5 Å². The van der Waals surface area contributed by atoms with Gasteiger partial charge in [0.25, 0.3) is 0 Å². The van der Waals surface area contributed by atoms with Crippen molar-refractivity contribution in [3.63, 3.8) is 0 Å². The largest absolute Gasteiger partial charge is 0.508 e. The van der Waals surface area contributed by atoms with Gasteiger partial charge in [-0.15, -0.1) is 0 Å². The zero-order valence-electron chi connectivity index (χ0n) is 16.2. The summed E-state index contributed by atoms with van der Waals surface area (Å²) in [6.07, 6.45) is 0. The number of para-hydroxylation sites is 2. The maximum atomic E-state index is 9.92. The average molecular weight is 380 g/mol. The molecule has 0 fully saturated rings. The van der Waals surface area contributed by atoms with Gasteiger partial charge < -0.3 is 9.84 Å². The topological polar surface area (TPSA) is 29.5 Å². The number of aromatic hydroxyl groups is 1. The first-order valence-electron chi connectivity index (χ1n) is 9.87. The van der Waals surface area contributed by atoms with Gasteiger partial charge in [0, 0.05) is 36.4 Å². The molecule has 0 bridgehead atoms. The molecule has 0 unspecified atom stereocenters. The molecular formula is C26H22NO2+. The van der Waals surface area contributed by atoms with Crippen LogP contribution in [0.2, 0.25) is 0 Å². The van der Waals surface area contributed by atoms with Crippen molar-refractivity contribution < 1.29 is 9.84 Å². The van der Waals surface area contributed by atoms with Crippen LogP contribution < -0.4 is 9.22 Å². The van der Waals surface area contributed by atoms with Crippen LogP contribution in [-0.2, 0) is 0 Å². The summed E-state index contributed by atoms with van der Waals surface area (Å²) < 4.78 is 6.15. The number of fused-ring (bicyclic) bond motifs is 3. The van der Waals surface area contributed by atoms with E-state index in [1.165, 1.54) is 22.5 Å². The first-order chi connectivity index (χ1) is 14.2. The van der Waals surface area contributed by atoms with Crippen LogP contribution in [-0.4, -0.2) is 11.7 Å². The Morgan fingerprint density at radius 2 is 1.14 bits per heavy atom. The third-order valence-corrected chi connectivity index (χ3v) is 5.59. The molecule has 4 aromatic carbocycles. The van der Waals surface area contributed by atoms with Crippen LogP contribution >= 0.6 is 0 Å². The Bertz CT molecular complexity index is 1120. The van der Waals surface area contributed by atoms with Gasteiger partial charge in [0.1, 0.15) is 22.9 Å². The molecule has 3 heteroatoms. The van der Waals surface area contributed by atoms with E-state index in [1.807, 2.05) is 31.2 Å². The molecule has 5 rings (SSSR count). The van der Waals surface area contributed by atoms with Gasteiger partial charge in [-0.3, -0.25) is 0 Å². The maximum Gasteiger partial charge on any atom is 0.156 e. The minimum absolute atomic E-state index is 0.263. The summed E-state index contributed by atoms with van der Waals surface area (Å²) in [5, 5.41) is 9.92. The van der Waals surface area contributed by atoms with Crippen molar-refractivity contribution in [2.75, 3.05) is 6.61 Å². The zero-order chi connectivity index (χ0) is 19.8. The number of rotatable bonds is 4. The summed E-state index contributed by atoms with van der Waals surface area (Å²) in [4.78, 5) is 0. The van der Waals surface area contributed by atoms with Gasteiger partial charge in [0.15, 0.2) is 11.4 Å². The molecule has 0 amide bonds. The fourth-order valence-corrected chi connectivity index (χ4v) is 4.43. The maximum absolute atomic E-state index is 9.92. The summed E-state index contributed by atoms with van der Waals surface area (Å²) in [5.74, 6) is 1.13. The Labute approximate surface area is 170 Å². The summed E-state index contributed by atoms with van der Waals surface area (Å²) in [6.45, 7) is 2.63. The normalized spacial score (nSPS) is 13.6. The Kier molecular flexibility index (Phi) is 4.11. The predicted molar refractivity (Wildman–Crippen MR) is 118 cm³/mol. The number of hydrogen-bond acceptors (Lipinski definition) is 2. The van der Waals surface area contributed by atoms with E-state index in [0.29, 0.717) is 11.1 Å². The second-order valence-electron chi connectivity index (χ2n) is 7.15. The molecule has 0 aliphatic carbocycles. The molecular weight excluding hydrogens is 358 g/mol. The second-order valence-corrected chi connectivity index (χ2v) is 7.15. The number of hydrogen-bond donors (Lipinski definition) is 1. The van der Waals surface area contributed by atoms with Crippen LogP contribution in [0.25, 0.3) is 11.1 Å². The highest BCUT2D eigenvalue weighted by molar-refractivity contribution is 6.02. The van der Waals surface area contributed by atoms with Crippen molar-refractivity contribution in [2.45, 2.75) is 6.92 Å². The fourth-order valence-electron chi connectivity index (χ4n) is 4.43. The molecule has 4 aromatic rings. The smallest absolute Gasteiger partial charge is 0.156 e. The lowest BCUT2D eigenvalue weighted by molar-refractivity contribution is 0.340. The Morgan fingerprint density at radius 1 is 0.655 bits per heavy atom. The molecule has 142 valence electrons. The van der Waals surface area contributed by atoms with Gasteiger partial charge in [-0.05, 0) is 43.3 Å². The van der Waals surface area contributed by atoms with Crippen LogP contribution in [0.4, 0.5) is 22.7 Å². The lowest BCUT2D eigenvalue weighted by Gasteiger charge is -2.34. The highest BCUT2D eigenvalue weighted by Gasteiger charge is 2.47. The molecule has 0 spiro atoms. The molecule has 0 radical (unpaired) electrons. The molecule has 0 saturated heterocycles. The van der Waals surface area contributed by atoms with Gasteiger partial charge >= 0.3 is 0 Å². The van der Waals surface area contributed by atoms with E-state index in [2.05, 4.69) is 60.7 Å². The monoisotopic (exact) mass is 380 g/mol. The van der Waals surface area contributed by atoms with E-state index < -0.39 is 0 Å². The van der Waals surface area contributed by atoms with Gasteiger partial charge in [0.2, 0.25) is 0 Å². The molecule has 3 nitrogen and oxygen atoms in total. The average Bonchev–Trinajstić information content (AvgIpc) is 3.07. The molecule has 0 saturated carbocycles. The molecule has 1 aliphatic heterocycles. The van der Waals surface area contributed by atoms with Crippen molar-refractivity contribution in [2.24, 2.45) is 0 Å². The van der Waals surface area contributed by atoms with E-state index in [4.69, 9.17) is 4.74 Å². The highest BCUT2D eigenvalue weighted by atomic mass is 16.5. The number of benzene rings is 4. The van der Waals surface area contributed by atoms with E-state index in [-0.39, 0.29) is 5.75 Å². The lowest BCUT2D eigenvalue weighted by atomic mass is 10.1. The minimum Gasteiger partial charge on any atom is -0.508 e. The van der Waals surface area contributed by atoms with Crippen LogP contribution in [0.15, 0.2) is 97.1 Å². The van der Waals surface area contributed by atoms with Crippen molar-refractivity contribution in [1.82, 2.24) is 4.48 Å². The van der Waals surface area contributed by atoms with Crippen LogP contribution in [0.3, 0.4) is 0 Å². The Morgan fingerprint density at radius 3 is 1.66 bits per heavy atom.